The molecular formula is C25H22ClN. The lowest BCUT2D eigenvalue weighted by molar-refractivity contribution is 1.37. The number of aromatic amines is 1. The van der Waals surface area contributed by atoms with E-state index in [9.17, 15) is 0 Å². The summed E-state index contributed by atoms with van der Waals surface area (Å²) in [6.45, 7) is 6.27. The van der Waals surface area contributed by atoms with Crippen molar-refractivity contribution in [2.75, 3.05) is 0 Å². The Balaban J connectivity index is 1.91. The maximum atomic E-state index is 6.54. The first-order chi connectivity index (χ1) is 13.0. The average molecular weight is 372 g/mol. The van der Waals surface area contributed by atoms with E-state index >= 15 is 0 Å². The standard InChI is InChI=1S/C25H22ClN/c1-16-4-9-19(10-5-16)22-15-24(21-13-8-18(3)14-23(21)26)27-25(22)20-11-6-17(2)7-12-20/h4-15,27H,1-3H3. The Morgan fingerprint density at radius 2 is 1.15 bits per heavy atom. The highest BCUT2D eigenvalue weighted by atomic mass is 35.5. The molecule has 4 rings (SSSR count). The van der Waals surface area contributed by atoms with Gasteiger partial charge in [-0.1, -0.05) is 83.4 Å². The summed E-state index contributed by atoms with van der Waals surface area (Å²) in [5.74, 6) is 0. The van der Waals surface area contributed by atoms with Gasteiger partial charge in [0.15, 0.2) is 0 Å². The van der Waals surface area contributed by atoms with Crippen LogP contribution in [0.25, 0.3) is 33.6 Å². The Bertz CT molecular complexity index is 1020. The molecule has 1 nitrogen and oxygen atoms in total. The van der Waals surface area contributed by atoms with Crippen molar-refractivity contribution in [2.24, 2.45) is 0 Å². The fourth-order valence-corrected chi connectivity index (χ4v) is 3.68. The van der Waals surface area contributed by atoms with E-state index in [1.54, 1.807) is 0 Å². The van der Waals surface area contributed by atoms with Crippen LogP contribution in [0.5, 0.6) is 0 Å². The molecule has 4 aromatic rings. The van der Waals surface area contributed by atoms with Gasteiger partial charge >= 0.3 is 0 Å². The first kappa shape index (κ1) is 17.6. The molecule has 27 heavy (non-hydrogen) atoms. The van der Waals surface area contributed by atoms with E-state index in [1.165, 1.54) is 27.8 Å². The summed E-state index contributed by atoms with van der Waals surface area (Å²) in [5.41, 5.74) is 10.4. The Morgan fingerprint density at radius 3 is 1.74 bits per heavy atom. The maximum Gasteiger partial charge on any atom is 0.0538 e. The van der Waals surface area contributed by atoms with Crippen LogP contribution in [0.1, 0.15) is 16.7 Å². The highest BCUT2D eigenvalue weighted by molar-refractivity contribution is 6.33. The molecular weight excluding hydrogens is 350 g/mol. The van der Waals surface area contributed by atoms with Crippen molar-refractivity contribution in [3.05, 3.63) is 94.5 Å². The number of aryl methyl sites for hydroxylation is 3. The molecule has 0 unspecified atom stereocenters. The van der Waals surface area contributed by atoms with E-state index in [0.29, 0.717) is 0 Å². The zero-order valence-corrected chi connectivity index (χ0v) is 16.6. The largest absolute Gasteiger partial charge is 0.354 e. The average Bonchev–Trinajstić information content (AvgIpc) is 3.08. The molecule has 0 bridgehead atoms. The lowest BCUT2D eigenvalue weighted by atomic mass is 9.99. The number of nitrogens with one attached hydrogen (secondary N) is 1. The second kappa shape index (κ2) is 7.09. The molecule has 134 valence electrons. The molecule has 1 aromatic heterocycles. The molecule has 0 aliphatic rings. The van der Waals surface area contributed by atoms with Crippen molar-refractivity contribution < 1.29 is 0 Å². The first-order valence-corrected chi connectivity index (χ1v) is 9.53. The van der Waals surface area contributed by atoms with E-state index in [0.717, 1.165) is 27.5 Å². The van der Waals surface area contributed by atoms with Crippen LogP contribution in [-0.2, 0) is 0 Å². The molecule has 1 heterocycles. The van der Waals surface area contributed by atoms with Crippen molar-refractivity contribution >= 4 is 11.6 Å². The van der Waals surface area contributed by atoms with Crippen LogP contribution in [0.3, 0.4) is 0 Å². The predicted octanol–water partition coefficient (Wildman–Crippen LogP) is 7.59. The van der Waals surface area contributed by atoms with Crippen molar-refractivity contribution in [3.63, 3.8) is 0 Å². The number of hydrogen-bond acceptors (Lipinski definition) is 0. The quantitative estimate of drug-likeness (QED) is 0.381. The van der Waals surface area contributed by atoms with Gasteiger partial charge in [-0.25, -0.2) is 0 Å². The third-order valence-electron chi connectivity index (χ3n) is 4.94. The second-order valence-corrected chi connectivity index (χ2v) is 7.59. The molecule has 0 saturated heterocycles. The van der Waals surface area contributed by atoms with E-state index in [4.69, 9.17) is 11.6 Å². The summed E-state index contributed by atoms with van der Waals surface area (Å²) in [7, 11) is 0. The van der Waals surface area contributed by atoms with Gasteiger partial charge < -0.3 is 4.98 Å². The summed E-state index contributed by atoms with van der Waals surface area (Å²) in [6.07, 6.45) is 0. The first-order valence-electron chi connectivity index (χ1n) is 9.15. The van der Waals surface area contributed by atoms with Gasteiger partial charge in [0.05, 0.1) is 10.7 Å². The normalized spacial score (nSPS) is 11.0. The van der Waals surface area contributed by atoms with Crippen molar-refractivity contribution in [1.82, 2.24) is 4.98 Å². The second-order valence-electron chi connectivity index (χ2n) is 7.19. The summed E-state index contributed by atoms with van der Waals surface area (Å²) >= 11 is 6.54. The number of H-pyrrole nitrogens is 1. The van der Waals surface area contributed by atoms with Gasteiger partial charge in [-0.2, -0.15) is 0 Å². The Labute approximate surface area is 165 Å². The Hall–Kier alpha value is -2.77. The summed E-state index contributed by atoms with van der Waals surface area (Å²) in [4.78, 5) is 3.62. The lowest BCUT2D eigenvalue weighted by Gasteiger charge is -2.06. The summed E-state index contributed by atoms with van der Waals surface area (Å²) < 4.78 is 0. The van der Waals surface area contributed by atoms with E-state index < -0.39 is 0 Å². The molecule has 0 spiro atoms. The highest BCUT2D eigenvalue weighted by Crippen LogP contribution is 2.38. The van der Waals surface area contributed by atoms with Gasteiger partial charge in [-0.15, -0.1) is 0 Å². The van der Waals surface area contributed by atoms with E-state index in [-0.39, 0.29) is 0 Å². The third kappa shape index (κ3) is 3.56. The monoisotopic (exact) mass is 371 g/mol. The number of hydrogen-bond donors (Lipinski definition) is 1. The lowest BCUT2D eigenvalue weighted by Crippen LogP contribution is -1.84. The van der Waals surface area contributed by atoms with Crippen molar-refractivity contribution in [2.45, 2.75) is 20.8 Å². The van der Waals surface area contributed by atoms with E-state index in [2.05, 4.69) is 92.5 Å². The Kier molecular flexibility index (Phi) is 4.63. The molecule has 0 aliphatic carbocycles. The van der Waals surface area contributed by atoms with Crippen LogP contribution >= 0.6 is 11.6 Å². The van der Waals surface area contributed by atoms with Gasteiger partial charge in [-0.05, 0) is 49.6 Å². The van der Waals surface area contributed by atoms with Crippen LogP contribution in [0.4, 0.5) is 0 Å². The highest BCUT2D eigenvalue weighted by Gasteiger charge is 2.15. The zero-order valence-electron chi connectivity index (χ0n) is 15.8. The fourth-order valence-electron chi connectivity index (χ4n) is 3.35. The molecule has 2 heteroatoms. The van der Waals surface area contributed by atoms with Crippen molar-refractivity contribution in [1.29, 1.82) is 0 Å². The fraction of sp³-hybridized carbons (Fsp3) is 0.120. The van der Waals surface area contributed by atoms with Gasteiger partial charge in [0.1, 0.15) is 0 Å². The van der Waals surface area contributed by atoms with Crippen LogP contribution < -0.4 is 0 Å². The van der Waals surface area contributed by atoms with Crippen LogP contribution in [0.2, 0.25) is 5.02 Å². The molecule has 0 saturated carbocycles. The number of halogens is 1. The zero-order chi connectivity index (χ0) is 19.0. The van der Waals surface area contributed by atoms with Crippen LogP contribution in [-0.4, -0.2) is 4.98 Å². The van der Waals surface area contributed by atoms with Gasteiger partial charge in [0, 0.05) is 16.8 Å². The number of aromatic nitrogens is 1. The van der Waals surface area contributed by atoms with Gasteiger partial charge in [-0.3, -0.25) is 0 Å². The van der Waals surface area contributed by atoms with Crippen LogP contribution in [0, 0.1) is 20.8 Å². The maximum absolute atomic E-state index is 6.54. The number of benzene rings is 3. The topological polar surface area (TPSA) is 15.8 Å². The smallest absolute Gasteiger partial charge is 0.0538 e. The summed E-state index contributed by atoms with van der Waals surface area (Å²) in [5, 5.41) is 0.766. The van der Waals surface area contributed by atoms with Crippen LogP contribution in [0.15, 0.2) is 72.8 Å². The summed E-state index contributed by atoms with van der Waals surface area (Å²) in [6, 6.07) is 25.7. The van der Waals surface area contributed by atoms with Gasteiger partial charge in [0.25, 0.3) is 0 Å². The number of rotatable bonds is 3. The molecule has 0 amide bonds. The molecule has 0 atom stereocenters. The minimum Gasteiger partial charge on any atom is -0.354 e. The minimum absolute atomic E-state index is 0.766. The molecule has 1 N–H and O–H groups in total. The molecule has 0 aliphatic heterocycles. The minimum atomic E-state index is 0.766. The predicted molar refractivity (Wildman–Crippen MR) is 116 cm³/mol. The third-order valence-corrected chi connectivity index (χ3v) is 5.25. The Morgan fingerprint density at radius 1 is 0.593 bits per heavy atom. The van der Waals surface area contributed by atoms with E-state index in [1.807, 2.05) is 6.07 Å². The molecule has 0 radical (unpaired) electrons. The molecule has 3 aromatic carbocycles. The SMILES string of the molecule is Cc1ccc(-c2cc(-c3ccc(C)cc3Cl)[nH]c2-c2ccc(C)cc2)cc1. The molecule has 0 fully saturated rings. The van der Waals surface area contributed by atoms with Gasteiger partial charge in [0.2, 0.25) is 0 Å². The van der Waals surface area contributed by atoms with Crippen molar-refractivity contribution in [3.8, 4) is 33.6 Å².